The van der Waals surface area contributed by atoms with E-state index in [-0.39, 0.29) is 37.0 Å². The zero-order valence-corrected chi connectivity index (χ0v) is 22.2. The zero-order valence-electron chi connectivity index (χ0n) is 20.6. The van der Waals surface area contributed by atoms with Crippen molar-refractivity contribution in [3.05, 3.63) is 28.5 Å². The Kier molecular flexibility index (Phi) is 9.42. The maximum absolute atomic E-state index is 14.7. The van der Waals surface area contributed by atoms with Crippen LogP contribution in [0.25, 0.3) is 0 Å². The van der Waals surface area contributed by atoms with E-state index in [1.807, 2.05) is 4.72 Å². The van der Waals surface area contributed by atoms with Gasteiger partial charge in [0, 0.05) is 25.7 Å². The number of amides is 2. The second-order valence-electron chi connectivity index (χ2n) is 9.89. The van der Waals surface area contributed by atoms with E-state index in [2.05, 4.69) is 5.32 Å². The van der Waals surface area contributed by atoms with Gasteiger partial charge in [-0.2, -0.15) is 12.7 Å². The van der Waals surface area contributed by atoms with Gasteiger partial charge in [0.15, 0.2) is 0 Å². The van der Waals surface area contributed by atoms with Crippen LogP contribution in [0.5, 0.6) is 5.75 Å². The summed E-state index contributed by atoms with van der Waals surface area (Å²) in [7, 11) is -4.32. The van der Waals surface area contributed by atoms with Gasteiger partial charge in [-0.05, 0) is 45.6 Å². The molecule has 1 aliphatic carbocycles. The molecule has 36 heavy (non-hydrogen) atoms. The number of nitrogens with one attached hydrogen (secondary N) is 2. The molecule has 13 heteroatoms. The SMILES string of the molecule is CC(C)(C)OC(=O)NC[C@H]1CN(S(=O)(=O)NC(=O)c2cc(Cl)c(OCC3CCCC3)cc2F)CCO1. The molecule has 202 valence electrons. The van der Waals surface area contributed by atoms with Crippen LogP contribution in [0, 0.1) is 11.7 Å². The minimum Gasteiger partial charge on any atom is -0.492 e. The van der Waals surface area contributed by atoms with E-state index in [9.17, 15) is 22.4 Å². The van der Waals surface area contributed by atoms with Gasteiger partial charge in [0.05, 0.1) is 29.9 Å². The highest BCUT2D eigenvalue weighted by atomic mass is 35.5. The van der Waals surface area contributed by atoms with Crippen LogP contribution in [0.3, 0.4) is 0 Å². The van der Waals surface area contributed by atoms with Crippen LogP contribution in [0.2, 0.25) is 5.02 Å². The summed E-state index contributed by atoms with van der Waals surface area (Å²) in [5, 5.41) is 2.53. The fourth-order valence-electron chi connectivity index (χ4n) is 3.98. The van der Waals surface area contributed by atoms with Crippen LogP contribution in [-0.4, -0.2) is 69.3 Å². The molecule has 0 aromatic heterocycles. The number of carbonyl (C=O) groups is 2. The maximum atomic E-state index is 14.7. The third-order valence-corrected chi connectivity index (χ3v) is 7.50. The van der Waals surface area contributed by atoms with Gasteiger partial charge in [-0.25, -0.2) is 13.9 Å². The molecule has 10 nitrogen and oxygen atoms in total. The molecule has 2 aliphatic rings. The Morgan fingerprint density at radius 2 is 1.94 bits per heavy atom. The molecule has 0 spiro atoms. The zero-order chi connectivity index (χ0) is 26.5. The summed E-state index contributed by atoms with van der Waals surface area (Å²) in [6, 6.07) is 2.05. The molecule has 1 saturated heterocycles. The largest absolute Gasteiger partial charge is 0.492 e. The summed E-state index contributed by atoms with van der Waals surface area (Å²) in [5.41, 5.74) is -1.21. The molecule has 0 unspecified atom stereocenters. The van der Waals surface area contributed by atoms with Gasteiger partial charge in [0.2, 0.25) is 0 Å². The highest BCUT2D eigenvalue weighted by molar-refractivity contribution is 7.87. The molecule has 1 heterocycles. The van der Waals surface area contributed by atoms with Crippen molar-refractivity contribution >= 4 is 33.8 Å². The van der Waals surface area contributed by atoms with Crippen molar-refractivity contribution in [1.82, 2.24) is 14.3 Å². The van der Waals surface area contributed by atoms with E-state index in [4.69, 9.17) is 25.8 Å². The lowest BCUT2D eigenvalue weighted by Gasteiger charge is -2.32. The van der Waals surface area contributed by atoms with Crippen LogP contribution < -0.4 is 14.8 Å². The van der Waals surface area contributed by atoms with Crippen molar-refractivity contribution < 1.29 is 36.6 Å². The van der Waals surface area contributed by atoms with Crippen LogP contribution in [-0.2, 0) is 19.7 Å². The summed E-state index contributed by atoms with van der Waals surface area (Å²) in [6.45, 7) is 5.44. The van der Waals surface area contributed by atoms with Gasteiger partial charge >= 0.3 is 16.3 Å². The predicted octanol–water partition coefficient (Wildman–Crippen LogP) is 3.25. The quantitative estimate of drug-likeness (QED) is 0.510. The van der Waals surface area contributed by atoms with E-state index in [1.165, 1.54) is 0 Å². The first-order valence-corrected chi connectivity index (χ1v) is 13.7. The molecule has 2 amide bonds. The fourth-order valence-corrected chi connectivity index (χ4v) is 5.35. The average molecular weight is 550 g/mol. The summed E-state index contributed by atoms with van der Waals surface area (Å²) < 4.78 is 59.4. The van der Waals surface area contributed by atoms with Crippen molar-refractivity contribution in [3.63, 3.8) is 0 Å². The smallest absolute Gasteiger partial charge is 0.407 e. The van der Waals surface area contributed by atoms with Crippen molar-refractivity contribution in [2.45, 2.75) is 58.2 Å². The summed E-state index contributed by atoms with van der Waals surface area (Å²) in [6.07, 6.45) is 3.01. The first-order valence-electron chi connectivity index (χ1n) is 11.9. The number of halogens is 2. The number of hydrogen-bond donors (Lipinski definition) is 2. The summed E-state index contributed by atoms with van der Waals surface area (Å²) in [4.78, 5) is 24.5. The Balaban J connectivity index is 1.58. The van der Waals surface area contributed by atoms with E-state index < -0.39 is 45.3 Å². The number of morpholine rings is 1. The Bertz CT molecular complexity index is 1060. The minimum absolute atomic E-state index is 0.00142. The number of alkyl carbamates (subject to hydrolysis) is 1. The van der Waals surface area contributed by atoms with E-state index in [1.54, 1.807) is 20.8 Å². The van der Waals surface area contributed by atoms with Gasteiger partial charge in [-0.1, -0.05) is 24.4 Å². The topological polar surface area (TPSA) is 123 Å². The van der Waals surface area contributed by atoms with Crippen LogP contribution in [0.1, 0.15) is 56.8 Å². The molecule has 1 atom stereocenters. The van der Waals surface area contributed by atoms with E-state index >= 15 is 0 Å². The molecule has 1 aromatic rings. The van der Waals surface area contributed by atoms with Crippen LogP contribution in [0.4, 0.5) is 9.18 Å². The molecular formula is C23H33ClFN3O7S. The lowest BCUT2D eigenvalue weighted by Crippen LogP contribution is -2.53. The second kappa shape index (κ2) is 11.9. The highest BCUT2D eigenvalue weighted by Gasteiger charge is 2.32. The van der Waals surface area contributed by atoms with Crippen molar-refractivity contribution in [2.75, 3.05) is 32.8 Å². The Labute approximate surface area is 216 Å². The second-order valence-corrected chi connectivity index (χ2v) is 12.0. The maximum Gasteiger partial charge on any atom is 0.407 e. The third kappa shape index (κ3) is 8.19. The molecular weight excluding hydrogens is 517 g/mol. The standard InChI is InChI=1S/C23H33ClFN3O7S/c1-23(2,3)35-22(30)26-12-16-13-28(8-9-33-16)36(31,32)27-21(29)17-10-18(24)20(11-19(17)25)34-14-15-6-4-5-7-15/h10-11,15-16H,4-9,12-14H2,1-3H3,(H,26,30)(H,27,29)/t16-/m0/s1. The molecule has 2 N–H and O–H groups in total. The number of benzene rings is 1. The lowest BCUT2D eigenvalue weighted by atomic mass is 10.1. The molecule has 0 radical (unpaired) electrons. The van der Waals surface area contributed by atoms with E-state index in [0.29, 0.717) is 12.5 Å². The normalized spacial score (nSPS) is 19.6. The molecule has 0 bridgehead atoms. The summed E-state index contributed by atoms with van der Waals surface area (Å²) >= 11 is 6.18. The van der Waals surface area contributed by atoms with Gasteiger partial charge in [-0.3, -0.25) is 4.79 Å². The lowest BCUT2D eigenvalue weighted by molar-refractivity contribution is -0.00384. The summed E-state index contributed by atoms with van der Waals surface area (Å²) in [5.74, 6) is -1.62. The monoisotopic (exact) mass is 549 g/mol. The van der Waals surface area contributed by atoms with Crippen molar-refractivity contribution in [1.29, 1.82) is 0 Å². The van der Waals surface area contributed by atoms with Crippen LogP contribution in [0.15, 0.2) is 12.1 Å². The Hall–Kier alpha value is -2.15. The van der Waals surface area contributed by atoms with Gasteiger partial charge in [-0.15, -0.1) is 0 Å². The van der Waals surface area contributed by atoms with Crippen molar-refractivity contribution in [3.8, 4) is 5.75 Å². The Morgan fingerprint density at radius 1 is 1.25 bits per heavy atom. The minimum atomic E-state index is -4.32. The number of carbonyl (C=O) groups excluding carboxylic acids is 2. The molecule has 3 rings (SSSR count). The molecule has 2 fully saturated rings. The number of hydrogen-bond acceptors (Lipinski definition) is 7. The molecule has 1 saturated carbocycles. The van der Waals surface area contributed by atoms with Crippen molar-refractivity contribution in [2.24, 2.45) is 5.92 Å². The van der Waals surface area contributed by atoms with E-state index in [0.717, 1.165) is 42.1 Å². The van der Waals surface area contributed by atoms with Gasteiger partial charge in [0.25, 0.3) is 5.91 Å². The Morgan fingerprint density at radius 3 is 2.61 bits per heavy atom. The molecule has 1 aromatic carbocycles. The van der Waals surface area contributed by atoms with Gasteiger partial charge < -0.3 is 19.5 Å². The average Bonchev–Trinajstić information content (AvgIpc) is 3.30. The van der Waals surface area contributed by atoms with Gasteiger partial charge in [0.1, 0.15) is 17.2 Å². The van der Waals surface area contributed by atoms with Crippen LogP contribution >= 0.6 is 11.6 Å². The third-order valence-electron chi connectivity index (χ3n) is 5.75. The molecule has 1 aliphatic heterocycles. The predicted molar refractivity (Wildman–Crippen MR) is 131 cm³/mol. The fraction of sp³-hybridized carbons (Fsp3) is 0.652. The first-order chi connectivity index (χ1) is 16.8. The number of rotatable bonds is 8. The first kappa shape index (κ1) is 28.4. The number of nitrogens with zero attached hydrogens (tertiary/aromatic N) is 1. The highest BCUT2D eigenvalue weighted by Crippen LogP contribution is 2.31. The number of ether oxygens (including phenoxy) is 3.